The lowest BCUT2D eigenvalue weighted by Gasteiger charge is -2.05. The van der Waals surface area contributed by atoms with Crippen molar-refractivity contribution >= 4 is 23.6 Å². The van der Waals surface area contributed by atoms with Gasteiger partial charge in [0.15, 0.2) is 10.4 Å². The van der Waals surface area contributed by atoms with E-state index in [1.807, 2.05) is 6.07 Å². The number of hydrogen-bond acceptors (Lipinski definition) is 4. The zero-order valence-corrected chi connectivity index (χ0v) is 10.0. The normalized spacial score (nSPS) is 10.3. The monoisotopic (exact) mass is 238 g/mol. The maximum Gasteiger partial charge on any atom is 0.180 e. The zero-order chi connectivity index (χ0) is 10.8. The minimum absolute atomic E-state index is 0.484. The maximum absolute atomic E-state index is 5.25. The predicted molar refractivity (Wildman–Crippen MR) is 64.0 cm³/mol. The Morgan fingerprint density at radius 1 is 1.47 bits per heavy atom. The van der Waals surface area contributed by atoms with Gasteiger partial charge in [-0.2, -0.15) is 0 Å². The standard InChI is InChI=1S/C10H10N2OS2/c1-6-3-4-7(15-6)8-9(13-2)10(14)12-5-11-8/h3-5H,1-2H3,(H,11,12,14). The van der Waals surface area contributed by atoms with Gasteiger partial charge < -0.3 is 9.72 Å². The minimum Gasteiger partial charge on any atom is -0.491 e. The summed E-state index contributed by atoms with van der Waals surface area (Å²) < 4.78 is 5.73. The van der Waals surface area contributed by atoms with E-state index in [0.29, 0.717) is 10.4 Å². The second-order valence-electron chi connectivity index (χ2n) is 3.03. The van der Waals surface area contributed by atoms with E-state index in [1.165, 1.54) is 4.88 Å². The van der Waals surface area contributed by atoms with Crippen LogP contribution in [-0.4, -0.2) is 17.1 Å². The van der Waals surface area contributed by atoms with Gasteiger partial charge in [0.2, 0.25) is 0 Å². The third-order valence-electron chi connectivity index (χ3n) is 2.00. The molecule has 5 heteroatoms. The first-order chi connectivity index (χ1) is 7.22. The van der Waals surface area contributed by atoms with E-state index in [0.717, 1.165) is 10.6 Å². The molecule has 0 spiro atoms. The van der Waals surface area contributed by atoms with Crippen molar-refractivity contribution in [3.05, 3.63) is 28.0 Å². The molecule has 0 bridgehead atoms. The lowest BCUT2D eigenvalue weighted by Crippen LogP contribution is -1.92. The number of aromatic amines is 1. The van der Waals surface area contributed by atoms with Crippen molar-refractivity contribution in [2.75, 3.05) is 7.11 Å². The SMILES string of the molecule is COc1c(-c2ccc(C)s2)[nH]cnc1=S. The quantitative estimate of drug-likeness (QED) is 0.816. The zero-order valence-electron chi connectivity index (χ0n) is 8.40. The van der Waals surface area contributed by atoms with Crippen LogP contribution in [-0.2, 0) is 0 Å². The van der Waals surface area contributed by atoms with Crippen molar-refractivity contribution in [3.63, 3.8) is 0 Å². The highest BCUT2D eigenvalue weighted by Gasteiger charge is 2.09. The van der Waals surface area contributed by atoms with Gasteiger partial charge in [0, 0.05) is 4.88 Å². The second-order valence-corrected chi connectivity index (χ2v) is 4.70. The summed E-state index contributed by atoms with van der Waals surface area (Å²) in [5.41, 5.74) is 0.899. The van der Waals surface area contributed by atoms with Crippen LogP contribution in [0.1, 0.15) is 4.88 Å². The van der Waals surface area contributed by atoms with Gasteiger partial charge in [-0.15, -0.1) is 11.3 Å². The predicted octanol–water partition coefficient (Wildman–Crippen LogP) is 3.18. The van der Waals surface area contributed by atoms with Crippen LogP contribution in [0, 0.1) is 11.6 Å². The van der Waals surface area contributed by atoms with E-state index in [-0.39, 0.29) is 0 Å². The van der Waals surface area contributed by atoms with E-state index in [1.54, 1.807) is 24.8 Å². The smallest absolute Gasteiger partial charge is 0.180 e. The Bertz CT molecular complexity index is 530. The number of aryl methyl sites for hydroxylation is 1. The lowest BCUT2D eigenvalue weighted by atomic mass is 10.3. The van der Waals surface area contributed by atoms with Gasteiger partial charge in [0.25, 0.3) is 0 Å². The Hall–Kier alpha value is -1.20. The van der Waals surface area contributed by atoms with E-state index in [9.17, 15) is 0 Å². The number of nitrogens with one attached hydrogen (secondary N) is 1. The molecule has 0 aliphatic carbocycles. The van der Waals surface area contributed by atoms with Crippen LogP contribution < -0.4 is 4.74 Å². The van der Waals surface area contributed by atoms with Gasteiger partial charge in [0.1, 0.15) is 5.69 Å². The third kappa shape index (κ3) is 1.93. The summed E-state index contributed by atoms with van der Waals surface area (Å²) in [6, 6.07) is 4.11. The first-order valence-electron chi connectivity index (χ1n) is 4.41. The molecule has 0 aromatic carbocycles. The van der Waals surface area contributed by atoms with Crippen LogP contribution in [0.15, 0.2) is 18.5 Å². The topological polar surface area (TPSA) is 37.9 Å². The molecule has 2 rings (SSSR count). The second kappa shape index (κ2) is 4.12. The Kier molecular flexibility index (Phi) is 2.83. The molecule has 0 aliphatic rings. The molecular weight excluding hydrogens is 228 g/mol. The van der Waals surface area contributed by atoms with E-state index in [4.69, 9.17) is 17.0 Å². The summed E-state index contributed by atoms with van der Waals surface area (Å²) in [6.45, 7) is 2.07. The van der Waals surface area contributed by atoms with Crippen molar-refractivity contribution in [1.29, 1.82) is 0 Å². The number of ether oxygens (including phenoxy) is 1. The molecule has 0 saturated heterocycles. The molecule has 78 valence electrons. The molecule has 2 aromatic rings. The van der Waals surface area contributed by atoms with Crippen molar-refractivity contribution in [1.82, 2.24) is 9.97 Å². The van der Waals surface area contributed by atoms with E-state index in [2.05, 4.69) is 23.0 Å². The molecule has 0 unspecified atom stereocenters. The van der Waals surface area contributed by atoms with Gasteiger partial charge in [-0.05, 0) is 19.1 Å². The van der Waals surface area contributed by atoms with Crippen molar-refractivity contribution in [2.24, 2.45) is 0 Å². The molecule has 0 saturated carbocycles. The number of rotatable bonds is 2. The fraction of sp³-hybridized carbons (Fsp3) is 0.200. The lowest BCUT2D eigenvalue weighted by molar-refractivity contribution is 0.411. The van der Waals surface area contributed by atoms with Crippen LogP contribution in [0.5, 0.6) is 5.75 Å². The number of hydrogen-bond donors (Lipinski definition) is 1. The van der Waals surface area contributed by atoms with Gasteiger partial charge in [-0.1, -0.05) is 12.2 Å². The molecule has 0 radical (unpaired) electrons. The van der Waals surface area contributed by atoms with Gasteiger partial charge in [0.05, 0.1) is 18.3 Å². The summed E-state index contributed by atoms with van der Waals surface area (Å²) in [7, 11) is 1.60. The summed E-state index contributed by atoms with van der Waals surface area (Å²) >= 11 is 6.79. The Balaban J connectivity index is 2.62. The average molecular weight is 238 g/mol. The summed E-state index contributed by atoms with van der Waals surface area (Å²) in [5, 5.41) is 0. The van der Waals surface area contributed by atoms with Crippen LogP contribution in [0.2, 0.25) is 0 Å². The minimum atomic E-state index is 0.484. The van der Waals surface area contributed by atoms with Crippen molar-refractivity contribution < 1.29 is 4.74 Å². The van der Waals surface area contributed by atoms with Gasteiger partial charge in [-0.3, -0.25) is 0 Å². The Morgan fingerprint density at radius 2 is 2.27 bits per heavy atom. The largest absolute Gasteiger partial charge is 0.491 e. The summed E-state index contributed by atoms with van der Waals surface area (Å²) in [5.74, 6) is 0.634. The Labute approximate surface area is 96.8 Å². The fourth-order valence-electron chi connectivity index (χ4n) is 1.33. The molecule has 2 heterocycles. The highest BCUT2D eigenvalue weighted by molar-refractivity contribution is 7.71. The van der Waals surface area contributed by atoms with E-state index < -0.39 is 0 Å². The highest BCUT2D eigenvalue weighted by Crippen LogP contribution is 2.32. The van der Waals surface area contributed by atoms with E-state index >= 15 is 0 Å². The average Bonchev–Trinajstić information content (AvgIpc) is 2.64. The third-order valence-corrected chi connectivity index (χ3v) is 3.31. The van der Waals surface area contributed by atoms with Gasteiger partial charge >= 0.3 is 0 Å². The maximum atomic E-state index is 5.25. The Morgan fingerprint density at radius 3 is 2.87 bits per heavy atom. The number of methoxy groups -OCH3 is 1. The van der Waals surface area contributed by atoms with Crippen LogP contribution in [0.3, 0.4) is 0 Å². The fourth-order valence-corrected chi connectivity index (χ4v) is 2.44. The molecule has 0 aliphatic heterocycles. The van der Waals surface area contributed by atoms with Crippen molar-refractivity contribution in [3.8, 4) is 16.3 Å². The number of nitrogens with zero attached hydrogens (tertiary/aromatic N) is 1. The molecule has 0 atom stereocenters. The number of thiophene rings is 1. The molecule has 0 amide bonds. The number of aromatic nitrogens is 2. The highest BCUT2D eigenvalue weighted by atomic mass is 32.1. The van der Waals surface area contributed by atoms with Crippen LogP contribution >= 0.6 is 23.6 Å². The van der Waals surface area contributed by atoms with Crippen LogP contribution in [0.25, 0.3) is 10.6 Å². The molecule has 15 heavy (non-hydrogen) atoms. The first-order valence-corrected chi connectivity index (χ1v) is 5.63. The summed E-state index contributed by atoms with van der Waals surface area (Å²) in [6.07, 6.45) is 1.59. The summed E-state index contributed by atoms with van der Waals surface area (Å²) in [4.78, 5) is 9.41. The van der Waals surface area contributed by atoms with Gasteiger partial charge in [-0.25, -0.2) is 4.98 Å². The molecule has 1 N–H and O–H groups in total. The number of H-pyrrole nitrogens is 1. The molecule has 2 aromatic heterocycles. The van der Waals surface area contributed by atoms with Crippen LogP contribution in [0.4, 0.5) is 0 Å². The van der Waals surface area contributed by atoms with Crippen molar-refractivity contribution in [2.45, 2.75) is 6.92 Å². The first kappa shape index (κ1) is 10.3. The molecular formula is C10H10N2OS2. The molecule has 0 fully saturated rings. The molecule has 3 nitrogen and oxygen atoms in total.